The van der Waals surface area contributed by atoms with Crippen molar-refractivity contribution < 1.29 is 5.11 Å². The van der Waals surface area contributed by atoms with Crippen molar-refractivity contribution in [2.75, 3.05) is 17.6 Å². The van der Waals surface area contributed by atoms with Crippen molar-refractivity contribution >= 4 is 22.3 Å². The molecule has 0 aliphatic rings. The number of nitrogens with two attached hydrogens (primary N) is 1. The molecule has 0 spiro atoms. The number of aliphatic hydroxyl groups excluding tert-OH is 1. The van der Waals surface area contributed by atoms with Crippen molar-refractivity contribution in [1.82, 2.24) is 4.98 Å². The Hall–Kier alpha value is -1.81. The van der Waals surface area contributed by atoms with Gasteiger partial charge in [-0.3, -0.25) is 4.98 Å². The van der Waals surface area contributed by atoms with Gasteiger partial charge in [0.1, 0.15) is 0 Å². The summed E-state index contributed by atoms with van der Waals surface area (Å²) in [5, 5.41) is 13.5. The van der Waals surface area contributed by atoms with Crippen LogP contribution in [0.4, 0.5) is 11.4 Å². The van der Waals surface area contributed by atoms with E-state index in [0.717, 1.165) is 23.1 Å². The van der Waals surface area contributed by atoms with Crippen molar-refractivity contribution in [1.29, 1.82) is 0 Å². The first-order valence-electron chi connectivity index (χ1n) is 5.73. The summed E-state index contributed by atoms with van der Waals surface area (Å²) in [6.07, 6.45) is 2.16. The Balaban J connectivity index is 2.25. The molecule has 2 aromatic rings. The first kappa shape index (κ1) is 11.7. The number of nitrogen functional groups attached to an aromatic ring is 1. The molecule has 90 valence electrons. The molecule has 4 nitrogen and oxygen atoms in total. The minimum atomic E-state index is -0.291. The van der Waals surface area contributed by atoms with E-state index in [1.807, 2.05) is 24.3 Å². The zero-order chi connectivity index (χ0) is 12.3. The predicted octanol–water partition coefficient (Wildman–Crippen LogP) is 2.00. The molecule has 0 saturated carbocycles. The van der Waals surface area contributed by atoms with E-state index >= 15 is 0 Å². The minimum Gasteiger partial charge on any atom is -0.397 e. The number of para-hydroxylation sites is 1. The maximum Gasteiger partial charge on any atom is 0.0951 e. The number of aliphatic hydroxyl groups is 1. The Kier molecular flexibility index (Phi) is 3.44. The Morgan fingerprint density at radius 1 is 1.41 bits per heavy atom. The number of aromatic nitrogens is 1. The van der Waals surface area contributed by atoms with Gasteiger partial charge in [0, 0.05) is 23.8 Å². The monoisotopic (exact) mass is 231 g/mol. The predicted molar refractivity (Wildman–Crippen MR) is 70.9 cm³/mol. The van der Waals surface area contributed by atoms with Crippen molar-refractivity contribution in [3.8, 4) is 0 Å². The van der Waals surface area contributed by atoms with Crippen LogP contribution in [0.25, 0.3) is 10.9 Å². The van der Waals surface area contributed by atoms with Crippen molar-refractivity contribution in [2.24, 2.45) is 0 Å². The largest absolute Gasteiger partial charge is 0.397 e. The smallest absolute Gasteiger partial charge is 0.0951 e. The van der Waals surface area contributed by atoms with Gasteiger partial charge < -0.3 is 16.2 Å². The molecule has 0 aliphatic heterocycles. The van der Waals surface area contributed by atoms with Gasteiger partial charge in [-0.15, -0.1) is 0 Å². The van der Waals surface area contributed by atoms with Crippen LogP contribution in [0.3, 0.4) is 0 Å². The van der Waals surface area contributed by atoms with Gasteiger partial charge in [0.05, 0.1) is 17.3 Å². The maximum atomic E-state index is 9.22. The van der Waals surface area contributed by atoms with E-state index in [0.29, 0.717) is 12.1 Å². The number of hydrogen-bond donors (Lipinski definition) is 3. The molecule has 4 heteroatoms. The molecule has 0 fully saturated rings. The molecule has 0 bridgehead atoms. The lowest BCUT2D eigenvalue weighted by atomic mass is 10.1. The van der Waals surface area contributed by atoms with Crippen molar-refractivity contribution in [3.05, 3.63) is 30.5 Å². The van der Waals surface area contributed by atoms with Crippen LogP contribution in [-0.2, 0) is 0 Å². The molecule has 1 heterocycles. The van der Waals surface area contributed by atoms with Gasteiger partial charge in [0.25, 0.3) is 0 Å². The summed E-state index contributed by atoms with van der Waals surface area (Å²) in [6, 6.07) is 7.67. The van der Waals surface area contributed by atoms with Crippen LogP contribution in [0.5, 0.6) is 0 Å². The van der Waals surface area contributed by atoms with Crippen LogP contribution >= 0.6 is 0 Å². The zero-order valence-corrected chi connectivity index (χ0v) is 9.85. The average Bonchev–Trinajstić information content (AvgIpc) is 2.30. The third-order valence-electron chi connectivity index (χ3n) is 2.68. The molecule has 0 amide bonds. The summed E-state index contributed by atoms with van der Waals surface area (Å²) >= 11 is 0. The lowest BCUT2D eigenvalue weighted by Gasteiger charge is -2.11. The Morgan fingerprint density at radius 2 is 2.24 bits per heavy atom. The summed E-state index contributed by atoms with van der Waals surface area (Å²) < 4.78 is 0. The lowest BCUT2D eigenvalue weighted by Crippen LogP contribution is -2.10. The van der Waals surface area contributed by atoms with Crippen LogP contribution in [0.15, 0.2) is 30.5 Å². The molecule has 0 saturated heterocycles. The number of pyridine rings is 1. The van der Waals surface area contributed by atoms with E-state index in [1.54, 1.807) is 13.1 Å². The lowest BCUT2D eigenvalue weighted by molar-refractivity contribution is 0.189. The van der Waals surface area contributed by atoms with Gasteiger partial charge in [-0.05, 0) is 25.5 Å². The van der Waals surface area contributed by atoms with Gasteiger partial charge >= 0.3 is 0 Å². The number of rotatable bonds is 4. The molecule has 1 unspecified atom stereocenters. The Labute approximate surface area is 100 Å². The van der Waals surface area contributed by atoms with Crippen LogP contribution < -0.4 is 11.1 Å². The quantitative estimate of drug-likeness (QED) is 0.704. The molecule has 17 heavy (non-hydrogen) atoms. The first-order chi connectivity index (χ1) is 8.18. The van der Waals surface area contributed by atoms with Gasteiger partial charge in [-0.2, -0.15) is 0 Å². The molecule has 1 aromatic heterocycles. The molecule has 0 aliphatic carbocycles. The normalized spacial score (nSPS) is 12.6. The van der Waals surface area contributed by atoms with Crippen LogP contribution in [-0.4, -0.2) is 22.7 Å². The molecule has 0 radical (unpaired) electrons. The second-order valence-electron chi connectivity index (χ2n) is 4.17. The van der Waals surface area contributed by atoms with E-state index in [-0.39, 0.29) is 6.10 Å². The number of anilines is 2. The highest BCUT2D eigenvalue weighted by Gasteiger charge is 2.04. The number of nitrogens with zero attached hydrogens (tertiary/aromatic N) is 1. The SMILES string of the molecule is CC(O)CCNc1ccnc2c(N)cccc12. The van der Waals surface area contributed by atoms with E-state index in [2.05, 4.69) is 10.3 Å². The van der Waals surface area contributed by atoms with Crippen molar-refractivity contribution in [2.45, 2.75) is 19.4 Å². The third kappa shape index (κ3) is 2.65. The zero-order valence-electron chi connectivity index (χ0n) is 9.85. The molecule has 1 aromatic carbocycles. The molecular weight excluding hydrogens is 214 g/mol. The summed E-state index contributed by atoms with van der Waals surface area (Å²) in [4.78, 5) is 4.27. The highest BCUT2D eigenvalue weighted by Crippen LogP contribution is 2.25. The van der Waals surface area contributed by atoms with E-state index in [4.69, 9.17) is 5.73 Å². The summed E-state index contributed by atoms with van der Waals surface area (Å²) in [6.45, 7) is 2.51. The van der Waals surface area contributed by atoms with Crippen LogP contribution in [0.2, 0.25) is 0 Å². The summed E-state index contributed by atoms with van der Waals surface area (Å²) in [7, 11) is 0. The van der Waals surface area contributed by atoms with Crippen LogP contribution in [0.1, 0.15) is 13.3 Å². The minimum absolute atomic E-state index is 0.291. The van der Waals surface area contributed by atoms with Crippen LogP contribution in [0, 0.1) is 0 Å². The van der Waals surface area contributed by atoms with Gasteiger partial charge in [-0.25, -0.2) is 0 Å². The third-order valence-corrected chi connectivity index (χ3v) is 2.68. The van der Waals surface area contributed by atoms with E-state index in [9.17, 15) is 5.11 Å². The fraction of sp³-hybridized carbons (Fsp3) is 0.308. The fourth-order valence-corrected chi connectivity index (χ4v) is 1.77. The standard InChI is InChI=1S/C13H17N3O/c1-9(17)5-7-15-12-6-8-16-13-10(12)3-2-4-11(13)14/h2-4,6,8-9,17H,5,7,14H2,1H3,(H,15,16). The number of fused-ring (bicyclic) bond motifs is 1. The molecule has 2 rings (SSSR count). The second-order valence-corrected chi connectivity index (χ2v) is 4.17. The summed E-state index contributed by atoms with van der Waals surface area (Å²) in [5.74, 6) is 0. The number of hydrogen-bond acceptors (Lipinski definition) is 4. The highest BCUT2D eigenvalue weighted by atomic mass is 16.3. The number of nitrogens with one attached hydrogen (secondary N) is 1. The van der Waals surface area contributed by atoms with Gasteiger partial charge in [0.15, 0.2) is 0 Å². The topological polar surface area (TPSA) is 71.2 Å². The highest BCUT2D eigenvalue weighted by molar-refractivity contribution is 5.97. The number of benzene rings is 1. The first-order valence-corrected chi connectivity index (χ1v) is 5.73. The Bertz CT molecular complexity index is 511. The molecule has 1 atom stereocenters. The van der Waals surface area contributed by atoms with E-state index < -0.39 is 0 Å². The van der Waals surface area contributed by atoms with Gasteiger partial charge in [-0.1, -0.05) is 12.1 Å². The maximum absolute atomic E-state index is 9.22. The summed E-state index contributed by atoms with van der Waals surface area (Å²) in [5.41, 5.74) is 8.37. The Morgan fingerprint density at radius 3 is 3.00 bits per heavy atom. The molecule has 4 N–H and O–H groups in total. The second kappa shape index (κ2) is 5.01. The van der Waals surface area contributed by atoms with Gasteiger partial charge in [0.2, 0.25) is 0 Å². The fourth-order valence-electron chi connectivity index (χ4n) is 1.77. The van der Waals surface area contributed by atoms with E-state index in [1.165, 1.54) is 0 Å². The molecular formula is C13H17N3O. The van der Waals surface area contributed by atoms with Crippen molar-refractivity contribution in [3.63, 3.8) is 0 Å². The average molecular weight is 231 g/mol.